The van der Waals surface area contributed by atoms with Crippen LogP contribution in [0, 0.1) is 0 Å². The molecule has 0 amide bonds. The van der Waals surface area contributed by atoms with Crippen molar-refractivity contribution in [3.8, 4) is 11.5 Å². The molecule has 0 spiro atoms. The Morgan fingerprint density at radius 3 is 3.10 bits per heavy atom. The lowest BCUT2D eigenvalue weighted by Gasteiger charge is -2.44. The molecule has 3 atom stereocenters. The molecule has 1 aliphatic carbocycles. The molecule has 3 aliphatic rings. The molecule has 1 aromatic rings. The Labute approximate surface area is 117 Å². The van der Waals surface area contributed by atoms with Gasteiger partial charge in [0.05, 0.1) is 7.11 Å². The smallest absolute Gasteiger partial charge is 0.162 e. The van der Waals surface area contributed by atoms with Crippen LogP contribution < -0.4 is 4.74 Å². The van der Waals surface area contributed by atoms with Gasteiger partial charge in [0.15, 0.2) is 17.3 Å². The van der Waals surface area contributed by atoms with Crippen molar-refractivity contribution in [1.29, 1.82) is 0 Å². The number of nitrogens with zero attached hydrogens (tertiary/aromatic N) is 1. The largest absolute Gasteiger partial charge is 0.504 e. The third-order valence-electron chi connectivity index (χ3n) is 5.10. The first kappa shape index (κ1) is 12.0. The predicted octanol–water partition coefficient (Wildman–Crippen LogP) is 1.76. The van der Waals surface area contributed by atoms with Gasteiger partial charge in [0.1, 0.15) is 0 Å². The van der Waals surface area contributed by atoms with Crippen molar-refractivity contribution < 1.29 is 14.6 Å². The summed E-state index contributed by atoms with van der Waals surface area (Å²) >= 11 is 0. The minimum absolute atomic E-state index is 0.184. The van der Waals surface area contributed by atoms with Gasteiger partial charge in [-0.15, -0.1) is 0 Å². The molecule has 1 N–H and O–H groups in total. The zero-order valence-corrected chi connectivity index (χ0v) is 11.4. The maximum atomic E-state index is 11.8. The van der Waals surface area contributed by atoms with Crippen molar-refractivity contribution in [2.24, 2.45) is 0 Å². The van der Waals surface area contributed by atoms with E-state index >= 15 is 0 Å². The fourth-order valence-electron chi connectivity index (χ4n) is 4.20. The average Bonchev–Trinajstić information content (AvgIpc) is 2.70. The molecule has 2 heterocycles. The second kappa shape index (κ2) is 3.85. The van der Waals surface area contributed by atoms with Gasteiger partial charge in [-0.05, 0) is 24.1 Å². The summed E-state index contributed by atoms with van der Waals surface area (Å²) < 4.78 is 5.26. The van der Waals surface area contributed by atoms with E-state index in [-0.39, 0.29) is 23.0 Å². The minimum Gasteiger partial charge on any atom is -0.504 e. The number of allylic oxidation sites excluding steroid dienone is 1. The normalized spacial score (nSPS) is 33.8. The van der Waals surface area contributed by atoms with Gasteiger partial charge in [-0.3, -0.25) is 9.69 Å². The quantitative estimate of drug-likeness (QED) is 0.845. The van der Waals surface area contributed by atoms with Crippen molar-refractivity contribution in [2.75, 3.05) is 13.7 Å². The Kier molecular flexibility index (Phi) is 2.31. The zero-order chi connectivity index (χ0) is 13.9. The second-order valence-corrected chi connectivity index (χ2v) is 5.93. The van der Waals surface area contributed by atoms with Crippen LogP contribution in [0.2, 0.25) is 0 Å². The standard InChI is InChI=1S/C16H17NO3/c1-20-12-3-2-10-9-17-7-6-16(14(10)15(12)19)5-4-11(18)8-13(16)17/h2-5,13,19H,6-9H2,1H3/t13-,16-/m0/s1. The number of hydrogen-bond donors (Lipinski definition) is 1. The number of phenolic OH excluding ortho intramolecular Hbond substituents is 1. The molecule has 0 aromatic heterocycles. The van der Waals surface area contributed by atoms with Crippen LogP contribution in [0.25, 0.3) is 0 Å². The van der Waals surface area contributed by atoms with E-state index in [4.69, 9.17) is 4.74 Å². The van der Waals surface area contributed by atoms with Crippen LogP contribution in [0.5, 0.6) is 11.5 Å². The number of ether oxygens (including phenoxy) is 1. The van der Waals surface area contributed by atoms with E-state index in [1.165, 1.54) is 0 Å². The fraction of sp³-hybridized carbons (Fsp3) is 0.438. The summed E-state index contributed by atoms with van der Waals surface area (Å²) in [5.41, 5.74) is 1.90. The molecule has 1 fully saturated rings. The fourth-order valence-corrected chi connectivity index (χ4v) is 4.20. The van der Waals surface area contributed by atoms with E-state index in [0.29, 0.717) is 12.2 Å². The Hall–Kier alpha value is -1.81. The Bertz CT molecular complexity index is 637. The van der Waals surface area contributed by atoms with Gasteiger partial charge in [-0.1, -0.05) is 12.1 Å². The first-order chi connectivity index (χ1) is 9.65. The molecule has 4 nitrogen and oxygen atoms in total. The summed E-state index contributed by atoms with van der Waals surface area (Å²) in [5.74, 6) is 0.946. The summed E-state index contributed by atoms with van der Waals surface area (Å²) in [6.07, 6.45) is 5.20. The van der Waals surface area contributed by atoms with Crippen molar-refractivity contribution in [3.05, 3.63) is 35.4 Å². The molecule has 4 rings (SSSR count). The van der Waals surface area contributed by atoms with Crippen molar-refractivity contribution in [3.63, 3.8) is 0 Å². The van der Waals surface area contributed by atoms with Gasteiger partial charge in [-0.25, -0.2) is 0 Å². The first-order valence-electron chi connectivity index (χ1n) is 7.01. The van der Waals surface area contributed by atoms with Gasteiger partial charge in [-0.2, -0.15) is 0 Å². The third kappa shape index (κ3) is 1.32. The van der Waals surface area contributed by atoms with Gasteiger partial charge in [0, 0.05) is 36.5 Å². The van der Waals surface area contributed by atoms with Crippen molar-refractivity contribution >= 4 is 5.78 Å². The molecule has 1 aromatic carbocycles. The number of ketones is 1. The van der Waals surface area contributed by atoms with Crippen molar-refractivity contribution in [1.82, 2.24) is 4.90 Å². The number of carbonyl (C=O) groups excluding carboxylic acids is 1. The Balaban J connectivity index is 1.99. The summed E-state index contributed by atoms with van der Waals surface area (Å²) in [4.78, 5) is 14.1. The van der Waals surface area contributed by atoms with Gasteiger partial charge < -0.3 is 9.84 Å². The number of aromatic hydroxyl groups is 1. The monoisotopic (exact) mass is 271 g/mol. The predicted molar refractivity (Wildman–Crippen MR) is 73.9 cm³/mol. The lowest BCUT2D eigenvalue weighted by atomic mass is 9.66. The molecule has 2 bridgehead atoms. The van der Waals surface area contributed by atoms with E-state index in [1.54, 1.807) is 13.2 Å². The Morgan fingerprint density at radius 1 is 1.45 bits per heavy atom. The Morgan fingerprint density at radius 2 is 2.30 bits per heavy atom. The second-order valence-electron chi connectivity index (χ2n) is 5.93. The molecule has 4 heteroatoms. The van der Waals surface area contributed by atoms with E-state index in [1.807, 2.05) is 18.2 Å². The summed E-state index contributed by atoms with van der Waals surface area (Å²) in [6, 6.07) is 4.04. The number of phenols is 1. The zero-order valence-electron chi connectivity index (χ0n) is 11.4. The van der Waals surface area contributed by atoms with Crippen LogP contribution in [0.1, 0.15) is 24.0 Å². The molecular weight excluding hydrogens is 254 g/mol. The molecule has 0 radical (unpaired) electrons. The number of benzene rings is 1. The van der Waals surface area contributed by atoms with E-state index < -0.39 is 0 Å². The highest BCUT2D eigenvalue weighted by Gasteiger charge is 2.54. The van der Waals surface area contributed by atoms with Crippen LogP contribution in [-0.4, -0.2) is 35.5 Å². The number of hydrogen-bond acceptors (Lipinski definition) is 4. The van der Waals surface area contributed by atoms with Gasteiger partial charge >= 0.3 is 0 Å². The highest BCUT2D eigenvalue weighted by molar-refractivity contribution is 5.92. The first-order valence-corrected chi connectivity index (χ1v) is 7.01. The highest BCUT2D eigenvalue weighted by atomic mass is 16.5. The van der Waals surface area contributed by atoms with Crippen LogP contribution in [0.3, 0.4) is 0 Å². The average molecular weight is 271 g/mol. The van der Waals surface area contributed by atoms with Crippen LogP contribution in [0.4, 0.5) is 0 Å². The molecule has 20 heavy (non-hydrogen) atoms. The maximum Gasteiger partial charge on any atom is 0.162 e. The molecule has 104 valence electrons. The maximum absolute atomic E-state index is 11.8. The third-order valence-corrected chi connectivity index (χ3v) is 5.10. The minimum atomic E-state index is -0.222. The lowest BCUT2D eigenvalue weighted by Crippen LogP contribution is -2.48. The summed E-state index contributed by atoms with van der Waals surface area (Å²) in [7, 11) is 1.57. The number of methoxy groups -OCH3 is 1. The molecule has 1 unspecified atom stereocenters. The number of carbonyl (C=O) groups is 1. The number of fused-ring (bicyclic) bond motifs is 1. The lowest BCUT2D eigenvalue weighted by molar-refractivity contribution is -0.116. The van der Waals surface area contributed by atoms with Crippen LogP contribution in [0.15, 0.2) is 24.3 Å². The SMILES string of the molecule is COc1ccc2c(c1O)[C@]13C=CC(=O)C[C@@H]1N(CC3)C2. The van der Waals surface area contributed by atoms with Crippen LogP contribution in [-0.2, 0) is 16.8 Å². The summed E-state index contributed by atoms with van der Waals surface area (Å²) in [5, 5.41) is 10.6. The van der Waals surface area contributed by atoms with Gasteiger partial charge in [0.25, 0.3) is 0 Å². The summed E-state index contributed by atoms with van der Waals surface area (Å²) in [6.45, 7) is 1.78. The molecule has 0 saturated carbocycles. The van der Waals surface area contributed by atoms with E-state index in [2.05, 4.69) is 4.90 Å². The number of rotatable bonds is 1. The van der Waals surface area contributed by atoms with Crippen molar-refractivity contribution in [2.45, 2.75) is 30.8 Å². The van der Waals surface area contributed by atoms with E-state index in [9.17, 15) is 9.90 Å². The topological polar surface area (TPSA) is 49.8 Å². The van der Waals surface area contributed by atoms with Crippen LogP contribution >= 0.6 is 0 Å². The van der Waals surface area contributed by atoms with Gasteiger partial charge in [0.2, 0.25) is 0 Å². The molecule has 1 saturated heterocycles. The van der Waals surface area contributed by atoms with E-state index in [0.717, 1.165) is 30.6 Å². The highest BCUT2D eigenvalue weighted by Crippen LogP contribution is 2.54. The molecule has 2 aliphatic heterocycles. The molecular formula is C16H17NO3.